The fourth-order valence-electron chi connectivity index (χ4n) is 2.33. The summed E-state index contributed by atoms with van der Waals surface area (Å²) < 4.78 is 16.0. The molecule has 0 radical (unpaired) electrons. The van der Waals surface area contributed by atoms with E-state index in [9.17, 15) is 4.79 Å². The van der Waals surface area contributed by atoms with Gasteiger partial charge in [-0.05, 0) is 25.0 Å². The molecule has 0 bridgehead atoms. The van der Waals surface area contributed by atoms with Gasteiger partial charge in [-0.15, -0.1) is 0 Å². The van der Waals surface area contributed by atoms with E-state index < -0.39 is 0 Å². The van der Waals surface area contributed by atoms with Crippen LogP contribution in [0.4, 0.5) is 0 Å². The molecular formula is C16H19N3O4. The van der Waals surface area contributed by atoms with Crippen molar-refractivity contribution >= 4 is 5.91 Å². The number of nitrogens with zero attached hydrogens (tertiary/aromatic N) is 2. The van der Waals surface area contributed by atoms with E-state index in [1.165, 1.54) is 0 Å². The molecule has 1 amide bonds. The van der Waals surface area contributed by atoms with E-state index in [-0.39, 0.29) is 25.2 Å². The highest BCUT2D eigenvalue weighted by atomic mass is 16.5. The van der Waals surface area contributed by atoms with Crippen LogP contribution in [0.2, 0.25) is 0 Å². The van der Waals surface area contributed by atoms with E-state index in [1.54, 1.807) is 12.3 Å². The third-order valence-electron chi connectivity index (χ3n) is 3.51. The van der Waals surface area contributed by atoms with E-state index in [0.29, 0.717) is 18.1 Å². The number of carbonyl (C=O) groups is 1. The highest BCUT2D eigenvalue weighted by Crippen LogP contribution is 2.16. The number of aromatic nitrogens is 2. The van der Waals surface area contributed by atoms with Crippen LogP contribution in [0.5, 0.6) is 0 Å². The van der Waals surface area contributed by atoms with Gasteiger partial charge in [0.2, 0.25) is 5.91 Å². The summed E-state index contributed by atoms with van der Waals surface area (Å²) in [4.78, 5) is 15.9. The number of rotatable bonds is 7. The SMILES string of the molecule is O=C(COC[C@H]1CCCO1)NCc1cc(-c2ccccn2)no1. The molecule has 0 unspecified atom stereocenters. The van der Waals surface area contributed by atoms with Gasteiger partial charge in [0.1, 0.15) is 12.3 Å². The number of ether oxygens (including phenoxy) is 2. The minimum Gasteiger partial charge on any atom is -0.376 e. The van der Waals surface area contributed by atoms with E-state index in [0.717, 1.165) is 25.1 Å². The molecule has 7 heteroatoms. The summed E-state index contributed by atoms with van der Waals surface area (Å²) in [6.45, 7) is 1.52. The molecule has 3 rings (SSSR count). The lowest BCUT2D eigenvalue weighted by Gasteiger charge is -2.09. The number of nitrogens with one attached hydrogen (secondary N) is 1. The molecule has 23 heavy (non-hydrogen) atoms. The number of amides is 1. The van der Waals surface area contributed by atoms with Crippen molar-refractivity contribution in [2.24, 2.45) is 0 Å². The molecule has 1 saturated heterocycles. The topological polar surface area (TPSA) is 86.5 Å². The highest BCUT2D eigenvalue weighted by Gasteiger charge is 2.16. The van der Waals surface area contributed by atoms with Gasteiger partial charge in [0, 0.05) is 18.9 Å². The number of hydrogen-bond acceptors (Lipinski definition) is 6. The van der Waals surface area contributed by atoms with Crippen molar-refractivity contribution in [2.45, 2.75) is 25.5 Å². The molecule has 2 aromatic heterocycles. The fraction of sp³-hybridized carbons (Fsp3) is 0.438. The normalized spacial score (nSPS) is 17.3. The van der Waals surface area contributed by atoms with Crippen LogP contribution in [-0.2, 0) is 20.8 Å². The third kappa shape index (κ3) is 4.61. The van der Waals surface area contributed by atoms with Gasteiger partial charge >= 0.3 is 0 Å². The number of pyridine rings is 1. The van der Waals surface area contributed by atoms with Gasteiger partial charge < -0.3 is 19.3 Å². The number of carbonyl (C=O) groups excluding carboxylic acids is 1. The summed E-state index contributed by atoms with van der Waals surface area (Å²) >= 11 is 0. The molecule has 1 fully saturated rings. The standard InChI is InChI=1S/C16H19N3O4/c20-16(11-21-10-12-4-3-7-22-12)18-9-13-8-15(19-23-13)14-5-1-2-6-17-14/h1-2,5-6,8,12H,3-4,7,9-11H2,(H,18,20)/t12-/m1/s1. The maximum Gasteiger partial charge on any atom is 0.246 e. The van der Waals surface area contributed by atoms with Crippen molar-refractivity contribution in [2.75, 3.05) is 19.8 Å². The molecule has 0 aromatic carbocycles. The first-order valence-corrected chi connectivity index (χ1v) is 7.64. The van der Waals surface area contributed by atoms with Gasteiger partial charge in [-0.3, -0.25) is 9.78 Å². The fourth-order valence-corrected chi connectivity index (χ4v) is 2.33. The number of hydrogen-bond donors (Lipinski definition) is 1. The first-order valence-electron chi connectivity index (χ1n) is 7.64. The molecule has 1 atom stereocenters. The molecule has 0 spiro atoms. The smallest absolute Gasteiger partial charge is 0.246 e. The average molecular weight is 317 g/mol. The lowest BCUT2D eigenvalue weighted by molar-refractivity contribution is -0.127. The van der Waals surface area contributed by atoms with Crippen LogP contribution in [0, 0.1) is 0 Å². The predicted molar refractivity (Wildman–Crippen MR) is 81.4 cm³/mol. The van der Waals surface area contributed by atoms with Crippen molar-refractivity contribution < 1.29 is 18.8 Å². The highest BCUT2D eigenvalue weighted by molar-refractivity contribution is 5.77. The molecular weight excluding hydrogens is 298 g/mol. The van der Waals surface area contributed by atoms with Gasteiger partial charge in [-0.25, -0.2) is 0 Å². The van der Waals surface area contributed by atoms with Gasteiger partial charge in [0.15, 0.2) is 5.76 Å². The Kier molecular flexibility index (Phi) is 5.33. The molecule has 1 aliphatic heterocycles. The van der Waals surface area contributed by atoms with Crippen LogP contribution in [0.3, 0.4) is 0 Å². The van der Waals surface area contributed by atoms with Gasteiger partial charge in [0.05, 0.1) is 24.9 Å². The monoisotopic (exact) mass is 317 g/mol. The Balaban J connectivity index is 1.40. The molecule has 7 nitrogen and oxygen atoms in total. The van der Waals surface area contributed by atoms with Crippen LogP contribution >= 0.6 is 0 Å². The van der Waals surface area contributed by atoms with Crippen molar-refractivity contribution in [1.82, 2.24) is 15.5 Å². The summed E-state index contributed by atoms with van der Waals surface area (Å²) in [5.41, 5.74) is 1.37. The molecule has 122 valence electrons. The maximum atomic E-state index is 11.7. The maximum absolute atomic E-state index is 11.7. The molecule has 1 N–H and O–H groups in total. The first-order chi connectivity index (χ1) is 11.3. The van der Waals surface area contributed by atoms with Crippen molar-refractivity contribution in [3.05, 3.63) is 36.2 Å². The Morgan fingerprint density at radius 2 is 2.35 bits per heavy atom. The quantitative estimate of drug-likeness (QED) is 0.834. The molecule has 0 saturated carbocycles. The largest absolute Gasteiger partial charge is 0.376 e. The molecule has 1 aliphatic rings. The summed E-state index contributed by atoms with van der Waals surface area (Å²) in [6.07, 6.45) is 3.87. The zero-order valence-electron chi connectivity index (χ0n) is 12.7. The van der Waals surface area contributed by atoms with Crippen LogP contribution in [0.25, 0.3) is 11.4 Å². The van der Waals surface area contributed by atoms with E-state index in [4.69, 9.17) is 14.0 Å². The minimum absolute atomic E-state index is 0.0150. The second kappa shape index (κ2) is 7.85. The second-order valence-electron chi connectivity index (χ2n) is 5.32. The Morgan fingerprint density at radius 1 is 1.39 bits per heavy atom. The molecule has 3 heterocycles. The Hall–Kier alpha value is -2.25. The van der Waals surface area contributed by atoms with Crippen LogP contribution < -0.4 is 5.32 Å². The Morgan fingerprint density at radius 3 is 3.13 bits per heavy atom. The first kappa shape index (κ1) is 15.6. The Bertz CT molecular complexity index is 623. The lowest BCUT2D eigenvalue weighted by Crippen LogP contribution is -2.28. The third-order valence-corrected chi connectivity index (χ3v) is 3.51. The lowest BCUT2D eigenvalue weighted by atomic mass is 10.2. The van der Waals surface area contributed by atoms with Crippen LogP contribution in [0.1, 0.15) is 18.6 Å². The average Bonchev–Trinajstić information content (AvgIpc) is 3.25. The molecule has 0 aliphatic carbocycles. The van der Waals surface area contributed by atoms with Gasteiger partial charge in [-0.1, -0.05) is 11.2 Å². The summed E-state index contributed by atoms with van der Waals surface area (Å²) in [5, 5.41) is 6.67. The van der Waals surface area contributed by atoms with Crippen LogP contribution in [-0.4, -0.2) is 42.0 Å². The second-order valence-corrected chi connectivity index (χ2v) is 5.32. The predicted octanol–water partition coefficient (Wildman–Crippen LogP) is 1.55. The van der Waals surface area contributed by atoms with Crippen molar-refractivity contribution in [3.63, 3.8) is 0 Å². The van der Waals surface area contributed by atoms with Crippen LogP contribution in [0.15, 0.2) is 35.0 Å². The zero-order chi connectivity index (χ0) is 15.9. The summed E-state index contributed by atoms with van der Waals surface area (Å²) in [5.74, 6) is 0.372. The molecule has 2 aromatic rings. The van der Waals surface area contributed by atoms with Gasteiger partial charge in [-0.2, -0.15) is 0 Å². The van der Waals surface area contributed by atoms with E-state index >= 15 is 0 Å². The van der Waals surface area contributed by atoms with E-state index in [2.05, 4.69) is 15.5 Å². The summed E-state index contributed by atoms with van der Waals surface area (Å²) in [7, 11) is 0. The van der Waals surface area contributed by atoms with Crippen molar-refractivity contribution in [3.8, 4) is 11.4 Å². The van der Waals surface area contributed by atoms with Gasteiger partial charge in [0.25, 0.3) is 0 Å². The summed E-state index contributed by atoms with van der Waals surface area (Å²) in [6, 6.07) is 7.32. The van der Waals surface area contributed by atoms with E-state index in [1.807, 2.05) is 18.2 Å². The minimum atomic E-state index is -0.196. The van der Waals surface area contributed by atoms with Crippen molar-refractivity contribution in [1.29, 1.82) is 0 Å². The zero-order valence-corrected chi connectivity index (χ0v) is 12.7. The Labute approximate surface area is 134 Å².